The molecule has 1 amide bonds. The second kappa shape index (κ2) is 11.7. The maximum atomic E-state index is 12.3. The van der Waals surface area contributed by atoms with Crippen LogP contribution < -0.4 is 15.4 Å². The van der Waals surface area contributed by atoms with Crippen molar-refractivity contribution < 1.29 is 34.1 Å². The van der Waals surface area contributed by atoms with Crippen molar-refractivity contribution in [3.63, 3.8) is 0 Å². The fraction of sp³-hybridized carbons (Fsp3) is 0.308. The van der Waals surface area contributed by atoms with Crippen LogP contribution in [-0.4, -0.2) is 81.4 Å². The Labute approximate surface area is 223 Å². The van der Waals surface area contributed by atoms with Crippen molar-refractivity contribution in [2.75, 3.05) is 26.5 Å². The van der Waals surface area contributed by atoms with Crippen molar-refractivity contribution in [3.05, 3.63) is 71.0 Å². The second-order valence-electron chi connectivity index (χ2n) is 9.04. The van der Waals surface area contributed by atoms with Crippen molar-refractivity contribution in [1.82, 2.24) is 25.2 Å². The number of nitrogens with one attached hydrogen (secondary N) is 2. The van der Waals surface area contributed by atoms with Crippen LogP contribution in [0.4, 0.5) is 10.7 Å². The zero-order chi connectivity index (χ0) is 28.1. The standard InChI is InChI=1S/C26H28N6O7/c1-32(2)26(37)39-16-10-8-14(9-11-16)12-18(22(33)34)28-24-29-21(30-25(36)31-24)20-17-7-5-4-6-15(17)13-19(27-20)23(35)38-3/h4-11,18-20,27H,12-13H2,1-3H3,(H,33,34)(H2,28,29,30,31,36)/t18-,19+,20?/m0/s1. The lowest BCUT2D eigenvalue weighted by atomic mass is 9.90. The Morgan fingerprint density at radius 1 is 1.10 bits per heavy atom. The summed E-state index contributed by atoms with van der Waals surface area (Å²) in [4.78, 5) is 49.6. The van der Waals surface area contributed by atoms with Crippen molar-refractivity contribution in [1.29, 1.82) is 0 Å². The Bertz CT molecular complexity index is 1370. The summed E-state index contributed by atoms with van der Waals surface area (Å²) in [7, 11) is 4.42. The average molecular weight is 537 g/mol. The summed E-state index contributed by atoms with van der Waals surface area (Å²) in [5, 5.41) is 26.0. The highest BCUT2D eigenvalue weighted by molar-refractivity contribution is 5.77. The highest BCUT2D eigenvalue weighted by atomic mass is 16.6. The number of aliphatic carboxylic acids is 1. The maximum Gasteiger partial charge on any atom is 0.414 e. The lowest BCUT2D eigenvalue weighted by molar-refractivity contribution is -0.143. The molecule has 4 N–H and O–H groups in total. The lowest BCUT2D eigenvalue weighted by Crippen LogP contribution is -2.46. The van der Waals surface area contributed by atoms with E-state index in [-0.39, 0.29) is 18.2 Å². The number of benzene rings is 2. The summed E-state index contributed by atoms with van der Waals surface area (Å²) in [5.74, 6) is -1.37. The zero-order valence-corrected chi connectivity index (χ0v) is 21.5. The van der Waals surface area contributed by atoms with Gasteiger partial charge < -0.3 is 29.9 Å². The van der Waals surface area contributed by atoms with E-state index in [2.05, 4.69) is 25.6 Å². The predicted octanol–water partition coefficient (Wildman–Crippen LogP) is 1.52. The fourth-order valence-electron chi connectivity index (χ4n) is 4.13. The minimum Gasteiger partial charge on any atom is -0.480 e. The molecule has 13 heteroatoms. The zero-order valence-electron chi connectivity index (χ0n) is 21.5. The van der Waals surface area contributed by atoms with Crippen LogP contribution >= 0.6 is 0 Å². The van der Waals surface area contributed by atoms with E-state index in [9.17, 15) is 24.6 Å². The predicted molar refractivity (Wildman–Crippen MR) is 137 cm³/mol. The molecule has 13 nitrogen and oxygen atoms in total. The number of carbonyl (C=O) groups is 3. The van der Waals surface area contributed by atoms with Gasteiger partial charge in [0.15, 0.2) is 5.82 Å². The van der Waals surface area contributed by atoms with E-state index >= 15 is 0 Å². The quantitative estimate of drug-likeness (QED) is 0.306. The normalized spacial score (nSPS) is 16.9. The van der Waals surface area contributed by atoms with Crippen molar-refractivity contribution in [2.24, 2.45) is 0 Å². The van der Waals surface area contributed by atoms with Gasteiger partial charge in [0, 0.05) is 20.5 Å². The number of carbonyl (C=O) groups excluding carboxylic acids is 2. The first-order chi connectivity index (χ1) is 18.6. The van der Waals surface area contributed by atoms with Gasteiger partial charge in [0.2, 0.25) is 5.95 Å². The molecule has 1 unspecified atom stereocenters. The Morgan fingerprint density at radius 2 is 1.82 bits per heavy atom. The number of esters is 1. The Morgan fingerprint density at radius 3 is 2.49 bits per heavy atom. The molecule has 0 radical (unpaired) electrons. The average Bonchev–Trinajstić information content (AvgIpc) is 2.92. The molecular formula is C26H28N6O7. The van der Waals surface area contributed by atoms with Gasteiger partial charge in [-0.15, -0.1) is 0 Å². The third-order valence-electron chi connectivity index (χ3n) is 6.08. The molecule has 2 heterocycles. The number of aromatic hydroxyl groups is 1. The number of hydrogen-bond donors (Lipinski definition) is 4. The van der Waals surface area contributed by atoms with Crippen LogP contribution in [0.1, 0.15) is 28.6 Å². The number of hydrogen-bond acceptors (Lipinski definition) is 11. The number of anilines is 1. The number of fused-ring (bicyclic) bond motifs is 1. The summed E-state index contributed by atoms with van der Waals surface area (Å²) in [5.41, 5.74) is 2.33. The van der Waals surface area contributed by atoms with E-state index in [1.165, 1.54) is 12.0 Å². The lowest BCUT2D eigenvalue weighted by Gasteiger charge is -2.31. The molecule has 4 rings (SSSR count). The largest absolute Gasteiger partial charge is 0.480 e. The first-order valence-corrected chi connectivity index (χ1v) is 12.0. The van der Waals surface area contributed by atoms with Crippen LogP contribution in [0.5, 0.6) is 11.8 Å². The van der Waals surface area contributed by atoms with Crippen molar-refractivity contribution >= 4 is 24.0 Å². The summed E-state index contributed by atoms with van der Waals surface area (Å²) >= 11 is 0. The molecule has 204 valence electrons. The van der Waals surface area contributed by atoms with E-state index in [4.69, 9.17) is 9.47 Å². The maximum absolute atomic E-state index is 12.3. The Kier molecular flexibility index (Phi) is 8.20. The molecule has 3 aromatic rings. The number of carboxylic acid groups (broad SMARTS) is 1. The van der Waals surface area contributed by atoms with E-state index in [1.54, 1.807) is 38.4 Å². The summed E-state index contributed by atoms with van der Waals surface area (Å²) < 4.78 is 10.1. The van der Waals surface area contributed by atoms with E-state index in [1.807, 2.05) is 24.3 Å². The van der Waals surface area contributed by atoms with E-state index in [0.29, 0.717) is 17.7 Å². The molecule has 1 aromatic heterocycles. The number of nitrogens with zero attached hydrogens (tertiary/aromatic N) is 4. The highest BCUT2D eigenvalue weighted by Crippen LogP contribution is 2.30. The number of carboxylic acids is 1. The third kappa shape index (κ3) is 6.57. The summed E-state index contributed by atoms with van der Waals surface area (Å²) in [6, 6.07) is 10.7. The molecule has 3 atom stereocenters. The van der Waals surface area contributed by atoms with E-state index < -0.39 is 42.2 Å². The van der Waals surface area contributed by atoms with Crippen LogP contribution in [0.2, 0.25) is 0 Å². The van der Waals surface area contributed by atoms with Crippen LogP contribution in [0.3, 0.4) is 0 Å². The molecule has 0 bridgehead atoms. The van der Waals surface area contributed by atoms with Crippen LogP contribution in [0, 0.1) is 0 Å². The molecule has 0 saturated carbocycles. The van der Waals surface area contributed by atoms with Crippen molar-refractivity contribution in [2.45, 2.75) is 31.0 Å². The molecular weight excluding hydrogens is 508 g/mol. The summed E-state index contributed by atoms with van der Waals surface area (Å²) in [6.07, 6.45) is -0.102. The molecule has 0 spiro atoms. The molecule has 1 aliphatic heterocycles. The fourth-order valence-corrected chi connectivity index (χ4v) is 4.13. The third-order valence-corrected chi connectivity index (χ3v) is 6.08. The SMILES string of the molecule is COC(=O)[C@H]1Cc2ccccc2C(c2nc(O)nc(N[C@@H](Cc3ccc(OC(=O)N(C)C)cc3)C(=O)O)n2)N1. The van der Waals surface area contributed by atoms with Crippen LogP contribution in [-0.2, 0) is 27.2 Å². The van der Waals surface area contributed by atoms with Gasteiger partial charge in [-0.25, -0.2) is 9.59 Å². The number of ether oxygens (including phenoxy) is 2. The highest BCUT2D eigenvalue weighted by Gasteiger charge is 2.34. The van der Waals surface area contributed by atoms with Crippen LogP contribution in [0.25, 0.3) is 0 Å². The van der Waals surface area contributed by atoms with Gasteiger partial charge in [-0.2, -0.15) is 15.0 Å². The second-order valence-corrected chi connectivity index (χ2v) is 9.04. The van der Waals surface area contributed by atoms with Gasteiger partial charge in [0.25, 0.3) is 0 Å². The van der Waals surface area contributed by atoms with Gasteiger partial charge in [0.05, 0.1) is 13.2 Å². The minimum atomic E-state index is -1.17. The minimum absolute atomic E-state index is 0.0357. The smallest absolute Gasteiger partial charge is 0.414 e. The molecule has 39 heavy (non-hydrogen) atoms. The van der Waals surface area contributed by atoms with Gasteiger partial charge in [0.1, 0.15) is 17.8 Å². The number of aromatic nitrogens is 3. The van der Waals surface area contributed by atoms with E-state index in [0.717, 1.165) is 11.1 Å². The van der Waals surface area contributed by atoms with Crippen LogP contribution in [0.15, 0.2) is 48.5 Å². The van der Waals surface area contributed by atoms with Gasteiger partial charge in [-0.1, -0.05) is 36.4 Å². The Hall–Kier alpha value is -4.78. The number of rotatable bonds is 8. The summed E-state index contributed by atoms with van der Waals surface area (Å²) in [6.45, 7) is 0. The first kappa shape index (κ1) is 27.3. The number of amides is 1. The monoisotopic (exact) mass is 536 g/mol. The molecule has 1 aliphatic rings. The van der Waals surface area contributed by atoms with Gasteiger partial charge in [-0.05, 0) is 35.2 Å². The number of methoxy groups -OCH3 is 1. The molecule has 0 aliphatic carbocycles. The van der Waals surface area contributed by atoms with Crippen molar-refractivity contribution in [3.8, 4) is 11.8 Å². The van der Waals surface area contributed by atoms with Gasteiger partial charge >= 0.3 is 24.0 Å². The topological polar surface area (TPSA) is 176 Å². The first-order valence-electron chi connectivity index (χ1n) is 12.0. The molecule has 0 fully saturated rings. The van der Waals surface area contributed by atoms with Gasteiger partial charge in [-0.3, -0.25) is 10.1 Å². The Balaban J connectivity index is 1.55. The molecule has 0 saturated heterocycles. The molecule has 2 aromatic carbocycles.